The Hall–Kier alpha value is -0.520. The van der Waals surface area contributed by atoms with Crippen LogP contribution in [0.25, 0.3) is 0 Å². The number of nitrogens with one attached hydrogen (secondary N) is 1. The van der Waals surface area contributed by atoms with Gasteiger partial charge in [-0.25, -0.2) is 5.84 Å². The molecule has 3 nitrogen and oxygen atoms in total. The molecule has 0 bridgehead atoms. The number of carbonyl (C=O) groups is 1. The molecule has 1 aromatic heterocycles. The lowest BCUT2D eigenvalue weighted by Crippen LogP contribution is -2.29. The monoisotopic (exact) mass is 270 g/mol. The maximum Gasteiger partial charge on any atom is 0.275 e. The highest BCUT2D eigenvalue weighted by atomic mass is 32.2. The van der Waals surface area contributed by atoms with Crippen LogP contribution in [0.2, 0.25) is 0 Å². The van der Waals surface area contributed by atoms with E-state index in [4.69, 9.17) is 5.84 Å². The van der Waals surface area contributed by atoms with Crippen molar-refractivity contribution in [3.8, 4) is 0 Å². The minimum Gasteiger partial charge on any atom is -0.289 e. The van der Waals surface area contributed by atoms with Crippen molar-refractivity contribution in [2.75, 3.05) is 5.75 Å². The van der Waals surface area contributed by atoms with Crippen LogP contribution in [0.3, 0.4) is 0 Å². The molecule has 1 fully saturated rings. The number of rotatable bonds is 5. The van der Waals surface area contributed by atoms with Crippen LogP contribution >= 0.6 is 23.1 Å². The molecule has 1 aliphatic rings. The predicted octanol–water partition coefficient (Wildman–Crippen LogP) is 2.78. The van der Waals surface area contributed by atoms with Crippen LogP contribution in [-0.2, 0) is 5.75 Å². The van der Waals surface area contributed by atoms with E-state index in [1.807, 2.05) is 23.2 Å². The Bertz CT molecular complexity index is 372. The van der Waals surface area contributed by atoms with Crippen molar-refractivity contribution in [1.29, 1.82) is 0 Å². The van der Waals surface area contributed by atoms with E-state index < -0.39 is 0 Å². The van der Waals surface area contributed by atoms with Crippen LogP contribution in [0.1, 0.15) is 40.9 Å². The highest BCUT2D eigenvalue weighted by Gasteiger charge is 2.16. The molecule has 3 N–H and O–H groups in total. The van der Waals surface area contributed by atoms with Gasteiger partial charge in [-0.15, -0.1) is 11.3 Å². The van der Waals surface area contributed by atoms with Gasteiger partial charge in [0.2, 0.25) is 0 Å². The molecule has 0 aromatic carbocycles. The van der Waals surface area contributed by atoms with E-state index in [0.717, 1.165) is 22.1 Å². The van der Waals surface area contributed by atoms with Crippen LogP contribution in [-0.4, -0.2) is 11.7 Å². The van der Waals surface area contributed by atoms with E-state index >= 15 is 0 Å². The first kappa shape index (κ1) is 12.9. The summed E-state index contributed by atoms with van der Waals surface area (Å²) in [5.41, 5.74) is 3.31. The quantitative estimate of drug-likeness (QED) is 0.491. The predicted molar refractivity (Wildman–Crippen MR) is 74.1 cm³/mol. The third kappa shape index (κ3) is 3.47. The van der Waals surface area contributed by atoms with E-state index in [1.165, 1.54) is 42.8 Å². The Kier molecular flexibility index (Phi) is 4.88. The molecule has 94 valence electrons. The lowest BCUT2D eigenvalue weighted by molar-refractivity contribution is 0.0957. The molecule has 0 spiro atoms. The summed E-state index contributed by atoms with van der Waals surface area (Å²) in [5, 5.41) is 1.95. The molecule has 17 heavy (non-hydrogen) atoms. The number of thiophene rings is 1. The van der Waals surface area contributed by atoms with Crippen molar-refractivity contribution in [1.82, 2.24) is 5.43 Å². The molecule has 1 heterocycles. The summed E-state index contributed by atoms with van der Waals surface area (Å²) in [6, 6.07) is 2.02. The minimum absolute atomic E-state index is 0.170. The van der Waals surface area contributed by atoms with Gasteiger partial charge in [-0.1, -0.05) is 12.8 Å². The molecule has 5 heteroatoms. The van der Waals surface area contributed by atoms with Crippen LogP contribution in [0.15, 0.2) is 11.4 Å². The summed E-state index contributed by atoms with van der Waals surface area (Å²) in [6.45, 7) is 0. The third-order valence-electron chi connectivity index (χ3n) is 3.17. The number of thioether (sulfide) groups is 1. The third-order valence-corrected chi connectivity index (χ3v) is 5.35. The van der Waals surface area contributed by atoms with Crippen LogP contribution < -0.4 is 11.3 Å². The fourth-order valence-electron chi connectivity index (χ4n) is 2.23. The van der Waals surface area contributed by atoms with Gasteiger partial charge in [-0.3, -0.25) is 10.2 Å². The van der Waals surface area contributed by atoms with Crippen molar-refractivity contribution >= 4 is 29.0 Å². The Balaban J connectivity index is 1.82. The van der Waals surface area contributed by atoms with Gasteiger partial charge in [0.15, 0.2) is 0 Å². The zero-order valence-corrected chi connectivity index (χ0v) is 11.4. The van der Waals surface area contributed by atoms with Gasteiger partial charge in [-0.2, -0.15) is 11.8 Å². The van der Waals surface area contributed by atoms with Crippen molar-refractivity contribution in [2.24, 2.45) is 11.8 Å². The maximum atomic E-state index is 11.5. The topological polar surface area (TPSA) is 55.1 Å². The number of nitrogens with two attached hydrogens (primary N) is 1. The second kappa shape index (κ2) is 6.42. The highest BCUT2D eigenvalue weighted by molar-refractivity contribution is 7.98. The van der Waals surface area contributed by atoms with Crippen molar-refractivity contribution in [3.63, 3.8) is 0 Å². The first-order chi connectivity index (χ1) is 8.31. The number of hydrazine groups is 1. The van der Waals surface area contributed by atoms with Gasteiger partial charge in [0, 0.05) is 5.75 Å². The number of hydrogen-bond donors (Lipinski definition) is 2. The lowest BCUT2D eigenvalue weighted by atomic mass is 10.1. The SMILES string of the molecule is NNC(=O)c1sccc1CSCC1CCCC1. The second-order valence-corrected chi connectivity index (χ2v) is 6.36. The second-order valence-electron chi connectivity index (χ2n) is 4.41. The van der Waals surface area contributed by atoms with Gasteiger partial charge in [-0.05, 0) is 41.5 Å². The Morgan fingerprint density at radius 2 is 2.29 bits per heavy atom. The van der Waals surface area contributed by atoms with E-state index in [-0.39, 0.29) is 5.91 Å². The fraction of sp³-hybridized carbons (Fsp3) is 0.583. The summed E-state index contributed by atoms with van der Waals surface area (Å²) >= 11 is 3.40. The van der Waals surface area contributed by atoms with Crippen LogP contribution in [0.5, 0.6) is 0 Å². The van der Waals surface area contributed by atoms with Crippen LogP contribution in [0.4, 0.5) is 0 Å². The summed E-state index contributed by atoms with van der Waals surface area (Å²) in [4.78, 5) is 12.2. The average molecular weight is 270 g/mol. The number of nitrogen functional groups attached to an aromatic ring is 1. The Morgan fingerprint density at radius 3 is 3.00 bits per heavy atom. The smallest absolute Gasteiger partial charge is 0.275 e. The Morgan fingerprint density at radius 1 is 1.53 bits per heavy atom. The number of hydrogen-bond acceptors (Lipinski definition) is 4. The first-order valence-corrected chi connectivity index (χ1v) is 7.99. The van der Waals surface area contributed by atoms with E-state index in [0.29, 0.717) is 0 Å². The number of amides is 1. The minimum atomic E-state index is -0.170. The van der Waals surface area contributed by atoms with Gasteiger partial charge < -0.3 is 0 Å². The molecule has 0 atom stereocenters. The lowest BCUT2D eigenvalue weighted by Gasteiger charge is -2.08. The largest absolute Gasteiger partial charge is 0.289 e. The summed E-state index contributed by atoms with van der Waals surface area (Å²) in [7, 11) is 0. The Labute approximate surface area is 110 Å². The molecule has 1 amide bonds. The highest BCUT2D eigenvalue weighted by Crippen LogP contribution is 2.30. The van der Waals surface area contributed by atoms with Gasteiger partial charge in [0.1, 0.15) is 0 Å². The molecular weight excluding hydrogens is 252 g/mol. The summed E-state index contributed by atoms with van der Waals surface area (Å²) in [6.07, 6.45) is 5.55. The fourth-order valence-corrected chi connectivity index (χ4v) is 4.39. The molecule has 1 aliphatic carbocycles. The van der Waals surface area contributed by atoms with Gasteiger partial charge in [0.25, 0.3) is 5.91 Å². The molecule has 2 rings (SSSR count). The van der Waals surface area contributed by atoms with Gasteiger partial charge in [0.05, 0.1) is 4.88 Å². The molecule has 1 saturated carbocycles. The zero-order chi connectivity index (χ0) is 12.1. The van der Waals surface area contributed by atoms with E-state index in [2.05, 4.69) is 5.43 Å². The molecule has 0 aliphatic heterocycles. The van der Waals surface area contributed by atoms with Gasteiger partial charge >= 0.3 is 0 Å². The molecule has 0 radical (unpaired) electrons. The average Bonchev–Trinajstić information content (AvgIpc) is 2.99. The summed E-state index contributed by atoms with van der Waals surface area (Å²) < 4.78 is 0. The van der Waals surface area contributed by atoms with Crippen molar-refractivity contribution in [3.05, 3.63) is 21.9 Å². The van der Waals surface area contributed by atoms with Crippen molar-refractivity contribution < 1.29 is 4.79 Å². The van der Waals surface area contributed by atoms with Crippen molar-refractivity contribution in [2.45, 2.75) is 31.4 Å². The molecular formula is C12H18N2OS2. The molecule has 0 unspecified atom stereocenters. The maximum absolute atomic E-state index is 11.5. The zero-order valence-electron chi connectivity index (χ0n) is 9.78. The molecule has 0 saturated heterocycles. The first-order valence-electron chi connectivity index (χ1n) is 5.96. The normalized spacial score (nSPS) is 16.3. The van der Waals surface area contributed by atoms with E-state index in [9.17, 15) is 4.79 Å². The van der Waals surface area contributed by atoms with Crippen LogP contribution in [0, 0.1) is 5.92 Å². The molecule has 1 aromatic rings. The standard InChI is InChI=1S/C12H18N2OS2/c13-14-12(15)11-10(5-6-17-11)8-16-7-9-3-1-2-4-9/h5-6,9H,1-4,7-8,13H2,(H,14,15). The summed E-state index contributed by atoms with van der Waals surface area (Å²) in [5.74, 6) is 8.03. The number of carbonyl (C=O) groups excluding carboxylic acids is 1. The van der Waals surface area contributed by atoms with E-state index in [1.54, 1.807) is 0 Å².